The molecule has 0 fully saturated rings. The fourth-order valence-corrected chi connectivity index (χ4v) is 3.61. The Morgan fingerprint density at radius 2 is 1.93 bits per heavy atom. The van der Waals surface area contributed by atoms with Crippen molar-refractivity contribution in [2.24, 2.45) is 0 Å². The monoisotopic (exact) mass is 440 g/mol. The van der Waals surface area contributed by atoms with Gasteiger partial charge in [-0.3, -0.25) is 10.1 Å². The van der Waals surface area contributed by atoms with Crippen molar-refractivity contribution in [1.82, 2.24) is 24.4 Å². The summed E-state index contributed by atoms with van der Waals surface area (Å²) in [6, 6.07) is 12.4. The summed E-state index contributed by atoms with van der Waals surface area (Å²) in [5.41, 5.74) is 3.53. The second-order valence-electron chi connectivity index (χ2n) is 6.42. The van der Waals surface area contributed by atoms with Gasteiger partial charge < -0.3 is 4.74 Å². The predicted octanol–water partition coefficient (Wildman–Crippen LogP) is 4.32. The van der Waals surface area contributed by atoms with Crippen molar-refractivity contribution in [1.29, 1.82) is 0 Å². The molecule has 1 N–H and O–H groups in total. The van der Waals surface area contributed by atoms with Crippen LogP contribution in [0, 0.1) is 13.8 Å². The zero-order valence-electron chi connectivity index (χ0n) is 16.4. The number of halogens is 1. The molecule has 1 amide bonds. The minimum Gasteiger partial charge on any atom is -0.497 e. The Morgan fingerprint density at radius 3 is 2.67 bits per heavy atom. The molecular weight excluding hydrogens is 424 g/mol. The van der Waals surface area contributed by atoms with Crippen molar-refractivity contribution in [3.63, 3.8) is 0 Å². The molecule has 4 rings (SSSR count). The highest BCUT2D eigenvalue weighted by molar-refractivity contribution is 7.10. The van der Waals surface area contributed by atoms with Crippen LogP contribution in [0.1, 0.15) is 21.6 Å². The van der Waals surface area contributed by atoms with Gasteiger partial charge in [0.25, 0.3) is 5.91 Å². The summed E-state index contributed by atoms with van der Waals surface area (Å²) in [4.78, 5) is 16.8. The minimum absolute atomic E-state index is 0.282. The molecule has 0 saturated carbocycles. The highest BCUT2D eigenvalue weighted by Gasteiger charge is 2.19. The van der Waals surface area contributed by atoms with E-state index in [2.05, 4.69) is 25.0 Å². The van der Waals surface area contributed by atoms with E-state index in [1.165, 1.54) is 0 Å². The van der Waals surface area contributed by atoms with Crippen LogP contribution in [0.4, 0.5) is 5.13 Å². The van der Waals surface area contributed by atoms with Crippen LogP contribution in [0.15, 0.2) is 42.5 Å². The normalized spacial score (nSPS) is 10.8. The van der Waals surface area contributed by atoms with E-state index < -0.39 is 0 Å². The lowest BCUT2D eigenvalue weighted by Crippen LogP contribution is -2.11. The van der Waals surface area contributed by atoms with Crippen molar-refractivity contribution in [2.75, 3.05) is 12.4 Å². The summed E-state index contributed by atoms with van der Waals surface area (Å²) >= 11 is 7.31. The van der Waals surface area contributed by atoms with Gasteiger partial charge in [0.1, 0.15) is 5.75 Å². The molecule has 0 spiro atoms. The van der Waals surface area contributed by atoms with Gasteiger partial charge in [0.05, 0.1) is 18.5 Å². The first kappa shape index (κ1) is 20.0. The molecule has 152 valence electrons. The number of rotatable bonds is 5. The number of nitrogens with one attached hydrogen (secondary N) is 1. The van der Waals surface area contributed by atoms with E-state index >= 15 is 0 Å². The molecule has 0 atom stereocenters. The Bertz CT molecular complexity index is 1220. The van der Waals surface area contributed by atoms with Gasteiger partial charge in [0.2, 0.25) is 5.13 Å². The number of carbonyl (C=O) groups excluding carboxylic acids is 1. The predicted molar refractivity (Wildman–Crippen MR) is 116 cm³/mol. The maximum absolute atomic E-state index is 12.4. The highest BCUT2D eigenvalue weighted by Crippen LogP contribution is 2.27. The Kier molecular flexibility index (Phi) is 5.47. The highest BCUT2D eigenvalue weighted by atomic mass is 35.5. The van der Waals surface area contributed by atoms with E-state index in [0.29, 0.717) is 33.0 Å². The van der Waals surface area contributed by atoms with Gasteiger partial charge in [-0.15, -0.1) is 5.10 Å². The van der Waals surface area contributed by atoms with Gasteiger partial charge in [-0.05, 0) is 55.8 Å². The third-order valence-electron chi connectivity index (χ3n) is 4.57. The Morgan fingerprint density at radius 1 is 1.17 bits per heavy atom. The van der Waals surface area contributed by atoms with E-state index in [4.69, 9.17) is 16.3 Å². The Hall–Kier alpha value is -3.30. The summed E-state index contributed by atoms with van der Waals surface area (Å²) < 4.78 is 11.1. The zero-order chi connectivity index (χ0) is 21.3. The molecule has 10 heteroatoms. The second-order valence-corrected chi connectivity index (χ2v) is 7.58. The van der Waals surface area contributed by atoms with Crippen LogP contribution in [0.2, 0.25) is 5.02 Å². The third-order valence-corrected chi connectivity index (χ3v) is 5.61. The summed E-state index contributed by atoms with van der Waals surface area (Å²) in [5, 5.41) is 12.2. The minimum atomic E-state index is -0.282. The van der Waals surface area contributed by atoms with Gasteiger partial charge in [-0.2, -0.15) is 9.36 Å². The molecule has 0 saturated heterocycles. The summed E-state index contributed by atoms with van der Waals surface area (Å²) in [5.74, 6) is 0.794. The average molecular weight is 441 g/mol. The topological polar surface area (TPSA) is 94.8 Å². The number of methoxy groups -OCH3 is 1. The average Bonchev–Trinajstić information content (AvgIpc) is 3.36. The maximum atomic E-state index is 12.4. The number of benzene rings is 2. The fourth-order valence-electron chi connectivity index (χ4n) is 2.87. The molecular formula is C20H17ClN6O2S. The first-order chi connectivity index (χ1) is 14.5. The van der Waals surface area contributed by atoms with E-state index in [0.717, 1.165) is 28.5 Å². The first-order valence-electron chi connectivity index (χ1n) is 8.95. The number of hydrogen-bond donors (Lipinski definition) is 1. The smallest absolute Gasteiger partial charge is 0.257 e. The SMILES string of the molecule is COc1ccc(C(=O)Nc2nc(-c3nnn(-c4cccc(Cl)c4C)c3C)ns2)cc1. The Balaban J connectivity index is 1.56. The van der Waals surface area contributed by atoms with Crippen LogP contribution in [-0.2, 0) is 0 Å². The van der Waals surface area contributed by atoms with Gasteiger partial charge in [0.15, 0.2) is 11.5 Å². The molecule has 0 aliphatic carbocycles. The molecule has 0 radical (unpaired) electrons. The van der Waals surface area contributed by atoms with Gasteiger partial charge in [-0.25, -0.2) is 4.68 Å². The molecule has 0 aliphatic rings. The number of amides is 1. The lowest BCUT2D eigenvalue weighted by molar-refractivity contribution is 0.102. The molecule has 4 aromatic rings. The number of ether oxygens (including phenoxy) is 1. The van der Waals surface area contributed by atoms with E-state index in [1.807, 2.05) is 32.0 Å². The molecule has 2 aromatic carbocycles. The van der Waals surface area contributed by atoms with Crippen molar-refractivity contribution >= 4 is 34.2 Å². The van der Waals surface area contributed by atoms with Crippen LogP contribution >= 0.6 is 23.1 Å². The van der Waals surface area contributed by atoms with Crippen LogP contribution in [0.5, 0.6) is 5.75 Å². The first-order valence-corrected chi connectivity index (χ1v) is 10.1. The van der Waals surface area contributed by atoms with Crippen molar-refractivity contribution in [3.05, 3.63) is 64.3 Å². The van der Waals surface area contributed by atoms with Gasteiger partial charge in [0, 0.05) is 22.1 Å². The van der Waals surface area contributed by atoms with Crippen LogP contribution in [-0.4, -0.2) is 37.4 Å². The number of aromatic nitrogens is 5. The maximum Gasteiger partial charge on any atom is 0.257 e. The quantitative estimate of drug-likeness (QED) is 0.496. The molecule has 0 aliphatic heterocycles. The number of anilines is 1. The standard InChI is InChI=1S/C20H17ClN6O2S/c1-11-15(21)5-4-6-16(11)27-12(2)17(24-26-27)18-22-20(30-25-18)23-19(28)13-7-9-14(29-3)10-8-13/h4-10H,1-3H3,(H,22,23,25,28). The zero-order valence-corrected chi connectivity index (χ0v) is 18.0. The molecule has 2 heterocycles. The summed E-state index contributed by atoms with van der Waals surface area (Å²) in [6.07, 6.45) is 0. The Labute approximate surface area is 181 Å². The molecule has 8 nitrogen and oxygen atoms in total. The fraction of sp³-hybridized carbons (Fsp3) is 0.150. The summed E-state index contributed by atoms with van der Waals surface area (Å²) in [6.45, 7) is 3.80. The summed E-state index contributed by atoms with van der Waals surface area (Å²) in [7, 11) is 1.57. The van der Waals surface area contributed by atoms with E-state index in [1.54, 1.807) is 36.1 Å². The number of carbonyl (C=O) groups is 1. The third kappa shape index (κ3) is 3.77. The van der Waals surface area contributed by atoms with Crippen LogP contribution in [0.25, 0.3) is 17.2 Å². The van der Waals surface area contributed by atoms with Crippen LogP contribution in [0.3, 0.4) is 0 Å². The largest absolute Gasteiger partial charge is 0.497 e. The number of nitrogens with zero attached hydrogens (tertiary/aromatic N) is 5. The molecule has 30 heavy (non-hydrogen) atoms. The number of hydrogen-bond acceptors (Lipinski definition) is 7. The van der Waals surface area contributed by atoms with Gasteiger partial charge in [-0.1, -0.05) is 22.9 Å². The second kappa shape index (κ2) is 8.21. The molecule has 0 unspecified atom stereocenters. The van der Waals surface area contributed by atoms with Crippen molar-refractivity contribution in [2.45, 2.75) is 13.8 Å². The lowest BCUT2D eigenvalue weighted by atomic mass is 10.2. The van der Waals surface area contributed by atoms with E-state index in [9.17, 15) is 4.79 Å². The van der Waals surface area contributed by atoms with E-state index in [-0.39, 0.29) is 5.91 Å². The van der Waals surface area contributed by atoms with Crippen molar-refractivity contribution in [3.8, 4) is 23.0 Å². The van der Waals surface area contributed by atoms with Gasteiger partial charge >= 0.3 is 0 Å². The van der Waals surface area contributed by atoms with Crippen molar-refractivity contribution < 1.29 is 9.53 Å². The van der Waals surface area contributed by atoms with Crippen LogP contribution < -0.4 is 10.1 Å². The molecule has 0 bridgehead atoms. The lowest BCUT2D eigenvalue weighted by Gasteiger charge is -2.08. The molecule has 2 aromatic heterocycles.